The molecular weight excluding hydrogens is 258 g/mol. The summed E-state index contributed by atoms with van der Waals surface area (Å²) in [5, 5.41) is 11.0. The molecule has 18 heavy (non-hydrogen) atoms. The number of benzene rings is 1. The van der Waals surface area contributed by atoms with Crippen molar-refractivity contribution >= 4 is 28.6 Å². The summed E-state index contributed by atoms with van der Waals surface area (Å²) in [5.74, 6) is -0.246. The van der Waals surface area contributed by atoms with Gasteiger partial charge in [-0.05, 0) is 50.6 Å². The van der Waals surface area contributed by atoms with Crippen molar-refractivity contribution in [2.24, 2.45) is 0 Å². The summed E-state index contributed by atoms with van der Waals surface area (Å²) in [6.45, 7) is 5.20. The lowest BCUT2D eigenvalue weighted by Gasteiger charge is -2.19. The average molecular weight is 272 g/mol. The van der Waals surface area contributed by atoms with E-state index in [1.165, 1.54) is 18.2 Å². The van der Waals surface area contributed by atoms with Gasteiger partial charge in [0.1, 0.15) is 11.4 Å². The Kier molecular flexibility index (Phi) is 4.19. The minimum absolute atomic E-state index is 0.0785. The van der Waals surface area contributed by atoms with E-state index in [4.69, 9.17) is 16.3 Å². The van der Waals surface area contributed by atoms with E-state index in [0.29, 0.717) is 5.69 Å². The van der Waals surface area contributed by atoms with Crippen LogP contribution in [0.1, 0.15) is 31.1 Å². The van der Waals surface area contributed by atoms with Crippen LogP contribution in [-0.2, 0) is 4.74 Å². The van der Waals surface area contributed by atoms with Crippen LogP contribution in [0.4, 0.5) is 10.5 Å². The van der Waals surface area contributed by atoms with Crippen LogP contribution < -0.4 is 5.32 Å². The van der Waals surface area contributed by atoms with E-state index in [1.54, 1.807) is 20.8 Å². The predicted molar refractivity (Wildman–Crippen MR) is 68.1 cm³/mol. The number of anilines is 1. The first-order valence-corrected chi connectivity index (χ1v) is 5.60. The molecule has 0 heterocycles. The number of carbonyl (C=O) groups excluding carboxylic acids is 2. The van der Waals surface area contributed by atoms with Gasteiger partial charge in [-0.15, -0.1) is 0 Å². The van der Waals surface area contributed by atoms with Crippen LogP contribution in [0.3, 0.4) is 0 Å². The molecule has 1 amide bonds. The summed E-state index contributed by atoms with van der Waals surface area (Å²) in [6.07, 6.45) is -0.652. The first-order valence-electron chi connectivity index (χ1n) is 5.22. The maximum absolute atomic E-state index is 11.5. The van der Waals surface area contributed by atoms with Gasteiger partial charge in [-0.3, -0.25) is 10.1 Å². The molecule has 2 N–H and O–H groups in total. The van der Waals surface area contributed by atoms with Crippen molar-refractivity contribution < 1.29 is 19.4 Å². The molecule has 0 saturated heterocycles. The van der Waals surface area contributed by atoms with Gasteiger partial charge in [0.15, 0.2) is 0 Å². The number of halogens is 1. The van der Waals surface area contributed by atoms with E-state index in [1.807, 2.05) is 0 Å². The molecule has 1 aromatic rings. The molecule has 1 aromatic carbocycles. The van der Waals surface area contributed by atoms with E-state index < -0.39 is 16.9 Å². The summed E-state index contributed by atoms with van der Waals surface area (Å²) in [4.78, 5) is 22.5. The minimum Gasteiger partial charge on any atom is -0.507 e. The number of phenolic OH excluding ortho intramolecular Hbond substituents is 1. The van der Waals surface area contributed by atoms with Crippen molar-refractivity contribution in [3.05, 3.63) is 23.8 Å². The van der Waals surface area contributed by atoms with Crippen molar-refractivity contribution in [1.29, 1.82) is 0 Å². The normalized spacial score (nSPS) is 10.9. The molecule has 0 fully saturated rings. The average Bonchev–Trinajstić information content (AvgIpc) is 2.17. The lowest BCUT2D eigenvalue weighted by atomic mass is 10.2. The number of nitrogens with one attached hydrogen (secondary N) is 1. The number of ether oxygens (including phenoxy) is 1. The van der Waals surface area contributed by atoms with Crippen LogP contribution >= 0.6 is 11.6 Å². The molecule has 0 aliphatic heterocycles. The zero-order valence-corrected chi connectivity index (χ0v) is 11.0. The van der Waals surface area contributed by atoms with Gasteiger partial charge in [-0.25, -0.2) is 4.79 Å². The van der Waals surface area contributed by atoms with Crippen LogP contribution in [0.25, 0.3) is 0 Å². The van der Waals surface area contributed by atoms with Gasteiger partial charge < -0.3 is 9.84 Å². The largest absolute Gasteiger partial charge is 0.507 e. The second kappa shape index (κ2) is 5.27. The Morgan fingerprint density at radius 1 is 1.33 bits per heavy atom. The Balaban J connectivity index is 2.83. The third-order valence-corrected chi connectivity index (χ3v) is 2.06. The summed E-state index contributed by atoms with van der Waals surface area (Å²) < 4.78 is 5.04. The van der Waals surface area contributed by atoms with Crippen molar-refractivity contribution in [1.82, 2.24) is 0 Å². The van der Waals surface area contributed by atoms with Crippen molar-refractivity contribution in [2.45, 2.75) is 26.4 Å². The molecule has 0 bridgehead atoms. The molecule has 0 aliphatic rings. The summed E-state index contributed by atoms with van der Waals surface area (Å²) in [5.41, 5.74) is -0.386. The third kappa shape index (κ3) is 4.25. The van der Waals surface area contributed by atoms with E-state index >= 15 is 0 Å². The highest BCUT2D eigenvalue weighted by atomic mass is 35.5. The van der Waals surface area contributed by atoms with Gasteiger partial charge in [0, 0.05) is 5.69 Å². The number of hydrogen-bond acceptors (Lipinski definition) is 4. The zero-order valence-electron chi connectivity index (χ0n) is 10.3. The maximum atomic E-state index is 11.5. The van der Waals surface area contributed by atoms with E-state index in [9.17, 15) is 14.7 Å². The number of carbonyl (C=O) groups is 2. The third-order valence-electron chi connectivity index (χ3n) is 1.85. The van der Waals surface area contributed by atoms with E-state index in [-0.39, 0.29) is 11.3 Å². The fourth-order valence-corrected chi connectivity index (χ4v) is 1.34. The van der Waals surface area contributed by atoms with Crippen LogP contribution in [-0.4, -0.2) is 22.0 Å². The fraction of sp³-hybridized carbons (Fsp3) is 0.333. The summed E-state index contributed by atoms with van der Waals surface area (Å²) >= 11 is 5.28. The monoisotopic (exact) mass is 271 g/mol. The Bertz CT molecular complexity index is 479. The van der Waals surface area contributed by atoms with Gasteiger partial charge in [-0.1, -0.05) is 0 Å². The maximum Gasteiger partial charge on any atom is 0.412 e. The van der Waals surface area contributed by atoms with Crippen LogP contribution in [0.5, 0.6) is 5.75 Å². The van der Waals surface area contributed by atoms with E-state index in [2.05, 4.69) is 5.32 Å². The molecule has 5 nitrogen and oxygen atoms in total. The first-order chi connectivity index (χ1) is 8.19. The van der Waals surface area contributed by atoms with Crippen LogP contribution in [0, 0.1) is 0 Å². The second-order valence-corrected chi connectivity index (χ2v) is 4.98. The van der Waals surface area contributed by atoms with Crippen LogP contribution in [0.2, 0.25) is 0 Å². The predicted octanol–water partition coefficient (Wildman–Crippen LogP) is 3.12. The number of phenols is 1. The molecular formula is C12H14ClNO4. The lowest BCUT2D eigenvalue weighted by Crippen LogP contribution is -2.27. The van der Waals surface area contributed by atoms with Gasteiger partial charge in [0.2, 0.25) is 0 Å². The quantitative estimate of drug-likeness (QED) is 0.640. The standard InChI is InChI=1S/C12H14ClNO4/c1-12(2,3)18-11(17)14-7-4-5-9(15)8(6-7)10(13)16/h4-6,15H,1-3H3,(H,14,17). The molecule has 0 atom stereocenters. The molecule has 0 unspecified atom stereocenters. The molecule has 6 heteroatoms. The number of rotatable bonds is 2. The summed E-state index contributed by atoms with van der Waals surface area (Å²) in [7, 11) is 0. The topological polar surface area (TPSA) is 75.6 Å². The molecule has 0 aromatic heterocycles. The van der Waals surface area contributed by atoms with Crippen molar-refractivity contribution in [3.63, 3.8) is 0 Å². The highest BCUT2D eigenvalue weighted by Crippen LogP contribution is 2.23. The summed E-state index contributed by atoms with van der Waals surface area (Å²) in [6, 6.07) is 3.97. The molecule has 0 saturated carbocycles. The van der Waals surface area contributed by atoms with Crippen molar-refractivity contribution in [2.75, 3.05) is 5.32 Å². The Labute approximate surface area is 110 Å². The first kappa shape index (κ1) is 14.3. The lowest BCUT2D eigenvalue weighted by molar-refractivity contribution is 0.0635. The molecule has 0 radical (unpaired) electrons. The number of amides is 1. The Morgan fingerprint density at radius 3 is 2.44 bits per heavy atom. The number of aromatic hydroxyl groups is 1. The minimum atomic E-state index is -0.805. The van der Waals surface area contributed by atoms with Crippen molar-refractivity contribution in [3.8, 4) is 5.75 Å². The smallest absolute Gasteiger partial charge is 0.412 e. The SMILES string of the molecule is CC(C)(C)OC(=O)Nc1ccc(O)c(C(=O)Cl)c1. The number of hydrogen-bond donors (Lipinski definition) is 2. The van der Waals surface area contributed by atoms with Gasteiger partial charge >= 0.3 is 6.09 Å². The Morgan fingerprint density at radius 2 is 1.94 bits per heavy atom. The van der Waals surface area contributed by atoms with Gasteiger partial charge in [0.05, 0.1) is 5.56 Å². The molecule has 0 spiro atoms. The molecule has 0 aliphatic carbocycles. The highest BCUT2D eigenvalue weighted by molar-refractivity contribution is 6.68. The highest BCUT2D eigenvalue weighted by Gasteiger charge is 2.17. The van der Waals surface area contributed by atoms with Crippen LogP contribution in [0.15, 0.2) is 18.2 Å². The second-order valence-electron chi connectivity index (χ2n) is 4.63. The molecule has 1 rings (SSSR count). The zero-order chi connectivity index (χ0) is 13.9. The van der Waals surface area contributed by atoms with Gasteiger partial charge in [-0.2, -0.15) is 0 Å². The molecule has 98 valence electrons. The fourth-order valence-electron chi connectivity index (χ4n) is 1.19. The Hall–Kier alpha value is -1.75. The van der Waals surface area contributed by atoms with E-state index in [0.717, 1.165) is 0 Å². The van der Waals surface area contributed by atoms with Gasteiger partial charge in [0.25, 0.3) is 5.24 Å².